The summed E-state index contributed by atoms with van der Waals surface area (Å²) in [5, 5.41) is 7.38. The number of nitrogens with one attached hydrogen (secondary N) is 2. The average Bonchev–Trinajstić information content (AvgIpc) is 3.03. The lowest BCUT2D eigenvalue weighted by Gasteiger charge is -2.25. The molecule has 3 aromatic carbocycles. The predicted molar refractivity (Wildman–Crippen MR) is 118 cm³/mol. The molecule has 8 heteroatoms. The second-order valence-corrected chi connectivity index (χ2v) is 7.88. The molecular formula is C24H21N3O5. The average molecular weight is 431 g/mol. The van der Waals surface area contributed by atoms with Crippen molar-refractivity contribution >= 4 is 34.3 Å². The summed E-state index contributed by atoms with van der Waals surface area (Å²) in [4.78, 5) is 39.5. The van der Waals surface area contributed by atoms with Crippen LogP contribution < -0.4 is 20.1 Å². The van der Waals surface area contributed by atoms with E-state index in [2.05, 4.69) is 10.6 Å². The van der Waals surface area contributed by atoms with E-state index in [0.717, 1.165) is 15.7 Å². The van der Waals surface area contributed by atoms with Crippen molar-refractivity contribution in [1.29, 1.82) is 0 Å². The summed E-state index contributed by atoms with van der Waals surface area (Å²) in [7, 11) is 0. The number of amides is 4. The van der Waals surface area contributed by atoms with Gasteiger partial charge in [-0.1, -0.05) is 42.5 Å². The van der Waals surface area contributed by atoms with Crippen molar-refractivity contribution in [3.63, 3.8) is 0 Å². The Bertz CT molecular complexity index is 1250. The van der Waals surface area contributed by atoms with Crippen LogP contribution in [0.3, 0.4) is 0 Å². The number of hydrogen-bond donors (Lipinski definition) is 2. The quantitative estimate of drug-likeness (QED) is 0.619. The molecule has 5 rings (SSSR count). The zero-order valence-electron chi connectivity index (χ0n) is 17.4. The molecule has 0 bridgehead atoms. The van der Waals surface area contributed by atoms with E-state index < -0.39 is 29.9 Å². The number of imide groups is 1. The Morgan fingerprint density at radius 1 is 1.03 bits per heavy atom. The summed E-state index contributed by atoms with van der Waals surface area (Å²) >= 11 is 0. The van der Waals surface area contributed by atoms with Crippen LogP contribution in [0.5, 0.6) is 11.5 Å². The molecule has 4 amide bonds. The molecule has 2 aliphatic rings. The topological polar surface area (TPSA) is 97.0 Å². The highest BCUT2D eigenvalue weighted by Crippen LogP contribution is 2.36. The number of benzene rings is 3. The van der Waals surface area contributed by atoms with Gasteiger partial charge in [0.05, 0.1) is 0 Å². The van der Waals surface area contributed by atoms with Crippen LogP contribution in [0, 0.1) is 0 Å². The minimum absolute atomic E-state index is 0.395. The molecule has 3 aromatic rings. The molecule has 2 N–H and O–H groups in total. The third-order valence-electron chi connectivity index (χ3n) is 5.76. The summed E-state index contributed by atoms with van der Waals surface area (Å²) in [5.74, 6) is 0.138. The van der Waals surface area contributed by atoms with Crippen molar-refractivity contribution in [3.05, 3.63) is 66.2 Å². The van der Waals surface area contributed by atoms with Gasteiger partial charge in [0.2, 0.25) is 5.91 Å². The van der Waals surface area contributed by atoms with Crippen LogP contribution in [0.4, 0.5) is 10.5 Å². The molecule has 1 fully saturated rings. The molecule has 0 saturated carbocycles. The summed E-state index contributed by atoms with van der Waals surface area (Å²) < 4.78 is 11.1. The van der Waals surface area contributed by atoms with Crippen LogP contribution in [0.15, 0.2) is 60.7 Å². The number of anilines is 1. The van der Waals surface area contributed by atoms with Crippen LogP contribution in [0.2, 0.25) is 0 Å². The van der Waals surface area contributed by atoms with Crippen molar-refractivity contribution < 1.29 is 23.9 Å². The molecule has 32 heavy (non-hydrogen) atoms. The van der Waals surface area contributed by atoms with E-state index >= 15 is 0 Å². The lowest BCUT2D eigenvalue weighted by atomic mass is 9.91. The van der Waals surface area contributed by atoms with Gasteiger partial charge in [-0.2, -0.15) is 0 Å². The van der Waals surface area contributed by atoms with E-state index in [4.69, 9.17) is 9.47 Å². The largest absolute Gasteiger partial charge is 0.486 e. The van der Waals surface area contributed by atoms with E-state index in [-0.39, 0.29) is 0 Å². The highest BCUT2D eigenvalue weighted by Gasteiger charge is 2.49. The van der Waals surface area contributed by atoms with Crippen LogP contribution in [-0.2, 0) is 15.1 Å². The normalized spacial score (nSPS) is 19.7. The van der Waals surface area contributed by atoms with E-state index in [9.17, 15) is 14.4 Å². The van der Waals surface area contributed by atoms with E-state index in [1.807, 2.05) is 36.4 Å². The number of fused-ring (bicyclic) bond motifs is 2. The van der Waals surface area contributed by atoms with Gasteiger partial charge in [-0.15, -0.1) is 0 Å². The molecule has 2 heterocycles. The smallest absolute Gasteiger partial charge is 0.325 e. The van der Waals surface area contributed by atoms with E-state index in [0.29, 0.717) is 36.0 Å². The van der Waals surface area contributed by atoms with Gasteiger partial charge in [-0.05, 0) is 36.1 Å². The molecule has 0 aliphatic carbocycles. The van der Waals surface area contributed by atoms with E-state index in [1.165, 1.54) is 0 Å². The third-order valence-corrected chi connectivity index (χ3v) is 5.76. The number of nitrogens with zero attached hydrogens (tertiary/aromatic N) is 1. The molecule has 1 atom stereocenters. The Morgan fingerprint density at radius 3 is 2.62 bits per heavy atom. The summed E-state index contributed by atoms with van der Waals surface area (Å²) in [6.45, 7) is 2.09. The van der Waals surface area contributed by atoms with Gasteiger partial charge in [-0.3, -0.25) is 14.5 Å². The number of urea groups is 1. The molecule has 0 spiro atoms. The summed E-state index contributed by atoms with van der Waals surface area (Å²) in [5.41, 5.74) is -0.140. The molecular weight excluding hydrogens is 410 g/mol. The van der Waals surface area contributed by atoms with Crippen molar-refractivity contribution in [2.24, 2.45) is 0 Å². The number of carbonyl (C=O) groups excluding carboxylic acids is 3. The van der Waals surface area contributed by atoms with E-state index in [1.54, 1.807) is 31.2 Å². The van der Waals surface area contributed by atoms with Gasteiger partial charge >= 0.3 is 6.03 Å². The monoisotopic (exact) mass is 431 g/mol. The summed E-state index contributed by atoms with van der Waals surface area (Å²) in [6, 6.07) is 17.7. The zero-order valence-corrected chi connectivity index (χ0v) is 17.4. The Morgan fingerprint density at radius 2 is 1.78 bits per heavy atom. The zero-order chi connectivity index (χ0) is 22.3. The van der Waals surface area contributed by atoms with Gasteiger partial charge in [0.15, 0.2) is 11.5 Å². The maximum absolute atomic E-state index is 13.2. The third kappa shape index (κ3) is 3.30. The van der Waals surface area contributed by atoms with Crippen LogP contribution in [0.1, 0.15) is 12.5 Å². The second kappa shape index (κ2) is 7.56. The SMILES string of the molecule is C[C@@]1(c2ccc3c(c2)OCCO3)NC(=O)N(CC(=O)Nc2cccc3ccccc23)C1=O. The standard InChI is InChI=1S/C24H21N3O5/c1-24(16-9-10-19-20(13-16)32-12-11-31-19)22(29)27(23(30)26-24)14-21(28)25-18-8-4-6-15-5-2-3-7-17(15)18/h2-10,13H,11-12,14H2,1H3,(H,25,28)(H,26,30)/t24-/m0/s1. The lowest BCUT2D eigenvalue weighted by molar-refractivity contribution is -0.133. The number of hydrogen-bond acceptors (Lipinski definition) is 5. The molecule has 8 nitrogen and oxygen atoms in total. The first-order chi connectivity index (χ1) is 15.5. The predicted octanol–water partition coefficient (Wildman–Crippen LogP) is 3.02. The molecule has 2 aliphatic heterocycles. The number of ether oxygens (including phenoxy) is 2. The minimum atomic E-state index is -1.31. The fraction of sp³-hybridized carbons (Fsp3) is 0.208. The Labute approximate surface area is 184 Å². The highest BCUT2D eigenvalue weighted by atomic mass is 16.6. The highest BCUT2D eigenvalue weighted by molar-refractivity contribution is 6.11. The van der Waals surface area contributed by atoms with Crippen LogP contribution in [-0.4, -0.2) is 42.5 Å². The molecule has 162 valence electrons. The Kier molecular flexibility index (Phi) is 4.70. The molecule has 0 unspecified atom stereocenters. The molecule has 0 radical (unpaired) electrons. The lowest BCUT2D eigenvalue weighted by Crippen LogP contribution is -2.42. The maximum atomic E-state index is 13.2. The summed E-state index contributed by atoms with van der Waals surface area (Å²) in [6.07, 6.45) is 0. The first-order valence-electron chi connectivity index (χ1n) is 10.3. The van der Waals surface area contributed by atoms with Gasteiger partial charge in [0, 0.05) is 11.1 Å². The fourth-order valence-electron chi connectivity index (χ4n) is 4.06. The van der Waals surface area contributed by atoms with Gasteiger partial charge in [-0.25, -0.2) is 4.79 Å². The maximum Gasteiger partial charge on any atom is 0.325 e. The minimum Gasteiger partial charge on any atom is -0.486 e. The molecule has 1 saturated heterocycles. The number of carbonyl (C=O) groups is 3. The Balaban J connectivity index is 1.35. The fourth-order valence-corrected chi connectivity index (χ4v) is 4.06. The van der Waals surface area contributed by atoms with Gasteiger partial charge in [0.25, 0.3) is 5.91 Å². The Hall–Kier alpha value is -4.07. The van der Waals surface area contributed by atoms with Crippen molar-refractivity contribution in [2.45, 2.75) is 12.5 Å². The first kappa shape index (κ1) is 19.9. The van der Waals surface area contributed by atoms with Gasteiger partial charge in [0.1, 0.15) is 25.3 Å². The van der Waals surface area contributed by atoms with Crippen molar-refractivity contribution in [2.75, 3.05) is 25.1 Å². The van der Waals surface area contributed by atoms with Crippen molar-refractivity contribution in [1.82, 2.24) is 10.2 Å². The second-order valence-electron chi connectivity index (χ2n) is 7.88. The van der Waals surface area contributed by atoms with Crippen LogP contribution in [0.25, 0.3) is 10.8 Å². The van der Waals surface area contributed by atoms with Crippen LogP contribution >= 0.6 is 0 Å². The first-order valence-corrected chi connectivity index (χ1v) is 10.3. The van der Waals surface area contributed by atoms with Crippen molar-refractivity contribution in [3.8, 4) is 11.5 Å². The molecule has 0 aromatic heterocycles. The van der Waals surface area contributed by atoms with Gasteiger partial charge < -0.3 is 20.1 Å². The number of rotatable bonds is 4.